The smallest absolute Gasteiger partial charge is 0.0159 e. The van der Waals surface area contributed by atoms with Crippen molar-refractivity contribution in [1.29, 1.82) is 0 Å². The molecule has 0 saturated heterocycles. The summed E-state index contributed by atoms with van der Waals surface area (Å²) in [4.78, 5) is 0. The molecule has 0 heteroatoms. The maximum absolute atomic E-state index is 3.30. The first-order chi connectivity index (χ1) is 7.95. The number of benzene rings is 1. The number of rotatable bonds is 2. The molecule has 1 aromatic rings. The molecule has 1 aromatic carbocycles. The molecule has 0 unspecified atom stereocenters. The molecular formula is C16H21. The van der Waals surface area contributed by atoms with Crippen LogP contribution in [-0.2, 0) is 0 Å². The highest BCUT2D eigenvalue weighted by atomic mass is 14.3. The van der Waals surface area contributed by atoms with Crippen molar-refractivity contribution >= 4 is 0 Å². The third-order valence-electron chi connectivity index (χ3n) is 4.52. The predicted molar refractivity (Wildman–Crippen MR) is 67.7 cm³/mol. The molecule has 16 heavy (non-hydrogen) atoms. The van der Waals surface area contributed by atoms with Crippen molar-refractivity contribution in [3.63, 3.8) is 0 Å². The monoisotopic (exact) mass is 213 g/mol. The summed E-state index contributed by atoms with van der Waals surface area (Å²) in [5.74, 6) is 1.72. The average molecular weight is 213 g/mol. The Labute approximate surface area is 99.1 Å². The SMILES string of the molecule is [c]1ccc(C2CCCC2)c(C2CCCC2)c1. The molecule has 0 spiro atoms. The summed E-state index contributed by atoms with van der Waals surface area (Å²) in [7, 11) is 0. The summed E-state index contributed by atoms with van der Waals surface area (Å²) >= 11 is 0. The lowest BCUT2D eigenvalue weighted by Crippen LogP contribution is -2.02. The molecule has 0 N–H and O–H groups in total. The minimum absolute atomic E-state index is 0.855. The van der Waals surface area contributed by atoms with E-state index in [1.165, 1.54) is 51.4 Å². The Morgan fingerprint density at radius 1 is 0.812 bits per heavy atom. The van der Waals surface area contributed by atoms with Gasteiger partial charge in [-0.1, -0.05) is 43.9 Å². The van der Waals surface area contributed by atoms with Crippen LogP contribution >= 0.6 is 0 Å². The van der Waals surface area contributed by atoms with Crippen molar-refractivity contribution in [1.82, 2.24) is 0 Å². The van der Waals surface area contributed by atoms with E-state index in [0.717, 1.165) is 11.8 Å². The van der Waals surface area contributed by atoms with E-state index in [9.17, 15) is 0 Å². The van der Waals surface area contributed by atoms with Gasteiger partial charge in [-0.25, -0.2) is 0 Å². The minimum atomic E-state index is 0.855. The molecule has 0 nitrogen and oxygen atoms in total. The highest BCUT2D eigenvalue weighted by Gasteiger charge is 2.24. The normalized spacial score (nSPS) is 23.0. The van der Waals surface area contributed by atoms with Crippen molar-refractivity contribution in [2.75, 3.05) is 0 Å². The summed E-state index contributed by atoms with van der Waals surface area (Å²) in [6.45, 7) is 0. The van der Waals surface area contributed by atoms with Gasteiger partial charge in [-0.15, -0.1) is 0 Å². The molecule has 0 aliphatic heterocycles. The molecule has 0 bridgehead atoms. The largest absolute Gasteiger partial charge is 0.0579 e. The first-order valence-corrected chi connectivity index (χ1v) is 6.95. The van der Waals surface area contributed by atoms with Crippen LogP contribution in [0.5, 0.6) is 0 Å². The first kappa shape index (κ1) is 10.4. The van der Waals surface area contributed by atoms with E-state index >= 15 is 0 Å². The first-order valence-electron chi connectivity index (χ1n) is 6.95. The van der Waals surface area contributed by atoms with Gasteiger partial charge in [-0.3, -0.25) is 0 Å². The van der Waals surface area contributed by atoms with E-state index < -0.39 is 0 Å². The summed E-state index contributed by atoms with van der Waals surface area (Å²) in [5.41, 5.74) is 3.31. The fourth-order valence-corrected chi connectivity index (χ4v) is 3.65. The van der Waals surface area contributed by atoms with Gasteiger partial charge in [0.25, 0.3) is 0 Å². The molecule has 0 aromatic heterocycles. The van der Waals surface area contributed by atoms with Crippen molar-refractivity contribution in [3.8, 4) is 0 Å². The summed E-state index contributed by atoms with van der Waals surface area (Å²) in [6.07, 6.45) is 11.4. The van der Waals surface area contributed by atoms with Crippen LogP contribution in [0.3, 0.4) is 0 Å². The molecule has 0 heterocycles. The van der Waals surface area contributed by atoms with Crippen LogP contribution in [0.1, 0.15) is 74.3 Å². The molecule has 85 valence electrons. The van der Waals surface area contributed by atoms with Gasteiger partial charge in [0.2, 0.25) is 0 Å². The van der Waals surface area contributed by atoms with Gasteiger partial charge >= 0.3 is 0 Å². The summed E-state index contributed by atoms with van der Waals surface area (Å²) < 4.78 is 0. The van der Waals surface area contributed by atoms with Crippen molar-refractivity contribution in [2.24, 2.45) is 0 Å². The molecule has 0 atom stereocenters. The molecular weight excluding hydrogens is 192 g/mol. The average Bonchev–Trinajstić information content (AvgIpc) is 3.03. The Balaban J connectivity index is 1.90. The predicted octanol–water partition coefficient (Wildman–Crippen LogP) is 4.80. The second-order valence-corrected chi connectivity index (χ2v) is 5.52. The topological polar surface area (TPSA) is 0 Å². The zero-order chi connectivity index (χ0) is 10.8. The second kappa shape index (κ2) is 4.61. The lowest BCUT2D eigenvalue weighted by molar-refractivity contribution is 0.664. The Bertz CT molecular complexity index is 306. The second-order valence-electron chi connectivity index (χ2n) is 5.52. The van der Waals surface area contributed by atoms with Crippen LogP contribution in [0.4, 0.5) is 0 Å². The highest BCUT2D eigenvalue weighted by Crippen LogP contribution is 2.42. The van der Waals surface area contributed by atoms with Crippen molar-refractivity contribution < 1.29 is 0 Å². The summed E-state index contributed by atoms with van der Waals surface area (Å²) in [6, 6.07) is 10.1. The van der Waals surface area contributed by atoms with E-state index in [1.54, 1.807) is 11.1 Å². The Hall–Kier alpha value is -0.780. The molecule has 2 fully saturated rings. The van der Waals surface area contributed by atoms with E-state index in [-0.39, 0.29) is 0 Å². The Morgan fingerprint density at radius 3 is 2.00 bits per heavy atom. The van der Waals surface area contributed by atoms with Crippen molar-refractivity contribution in [2.45, 2.75) is 63.2 Å². The lowest BCUT2D eigenvalue weighted by atomic mass is 9.86. The Kier molecular flexibility index (Phi) is 2.99. The highest BCUT2D eigenvalue weighted by molar-refractivity contribution is 5.34. The number of hydrogen-bond acceptors (Lipinski definition) is 0. The molecule has 1 radical (unpaired) electrons. The van der Waals surface area contributed by atoms with Gasteiger partial charge < -0.3 is 0 Å². The zero-order valence-electron chi connectivity index (χ0n) is 10.0. The van der Waals surface area contributed by atoms with E-state index in [4.69, 9.17) is 0 Å². The Morgan fingerprint density at radius 2 is 1.38 bits per heavy atom. The van der Waals surface area contributed by atoms with Crippen LogP contribution in [-0.4, -0.2) is 0 Å². The minimum Gasteiger partial charge on any atom is -0.0579 e. The molecule has 2 aliphatic rings. The van der Waals surface area contributed by atoms with Crippen molar-refractivity contribution in [3.05, 3.63) is 35.4 Å². The number of hydrogen-bond donors (Lipinski definition) is 0. The van der Waals surface area contributed by atoms with Crippen LogP contribution in [0.2, 0.25) is 0 Å². The maximum Gasteiger partial charge on any atom is -0.0159 e. The third kappa shape index (κ3) is 1.90. The van der Waals surface area contributed by atoms with Gasteiger partial charge in [0.1, 0.15) is 0 Å². The molecule has 3 rings (SSSR count). The van der Waals surface area contributed by atoms with E-state index in [1.807, 2.05) is 0 Å². The molecule has 2 saturated carbocycles. The van der Waals surface area contributed by atoms with Crippen LogP contribution in [0.15, 0.2) is 18.2 Å². The van der Waals surface area contributed by atoms with Gasteiger partial charge in [0.05, 0.1) is 0 Å². The fraction of sp³-hybridized carbons (Fsp3) is 0.625. The van der Waals surface area contributed by atoms with Gasteiger partial charge in [-0.05, 0) is 54.7 Å². The standard InChI is InChI=1S/C16H21/c1-2-8-13(7-1)15-11-5-6-12-16(15)14-9-3-4-10-14/h5,11-14H,1-4,7-10H2. The van der Waals surface area contributed by atoms with Gasteiger partial charge in [-0.2, -0.15) is 0 Å². The van der Waals surface area contributed by atoms with Crippen LogP contribution < -0.4 is 0 Å². The summed E-state index contributed by atoms with van der Waals surface area (Å²) in [5, 5.41) is 0. The molecule has 2 aliphatic carbocycles. The lowest BCUT2D eigenvalue weighted by Gasteiger charge is -2.19. The zero-order valence-corrected chi connectivity index (χ0v) is 10.0. The third-order valence-corrected chi connectivity index (χ3v) is 4.52. The van der Waals surface area contributed by atoms with Gasteiger partial charge in [0, 0.05) is 0 Å². The van der Waals surface area contributed by atoms with E-state index in [2.05, 4.69) is 24.3 Å². The van der Waals surface area contributed by atoms with Crippen LogP contribution in [0, 0.1) is 6.07 Å². The van der Waals surface area contributed by atoms with Crippen LogP contribution in [0.25, 0.3) is 0 Å². The van der Waals surface area contributed by atoms with Gasteiger partial charge in [0.15, 0.2) is 0 Å². The maximum atomic E-state index is 3.30. The van der Waals surface area contributed by atoms with E-state index in [0.29, 0.717) is 0 Å². The molecule has 0 amide bonds. The quantitative estimate of drug-likeness (QED) is 0.662. The fourth-order valence-electron chi connectivity index (χ4n) is 3.65.